The number of hydrogen-bond donors (Lipinski definition) is 0. The highest BCUT2D eigenvalue weighted by atomic mass is 16.5. The minimum absolute atomic E-state index is 0.176. The molecule has 0 aliphatic rings. The van der Waals surface area contributed by atoms with Crippen LogP contribution in [0.5, 0.6) is 0 Å². The van der Waals surface area contributed by atoms with Crippen LogP contribution in [0.15, 0.2) is 23.2 Å². The van der Waals surface area contributed by atoms with E-state index in [1.807, 2.05) is 0 Å². The first kappa shape index (κ1) is 10.4. The van der Waals surface area contributed by atoms with E-state index in [2.05, 4.69) is 10.1 Å². The minimum atomic E-state index is -0.491. The molecule has 0 aliphatic heterocycles. The number of nitrogens with zero attached hydrogens (tertiary/aromatic N) is 3. The molecule has 2 heterocycles. The topological polar surface area (TPSA) is 70.2 Å². The lowest BCUT2D eigenvalue weighted by atomic mass is 10.2. The molecule has 0 amide bonds. The number of carbonyl (C=O) groups is 1. The van der Waals surface area contributed by atoms with Crippen molar-refractivity contribution in [3.05, 3.63) is 24.5 Å². The largest absolute Gasteiger partial charge is 0.461 e. The second-order valence-electron chi connectivity index (χ2n) is 3.15. The summed E-state index contributed by atoms with van der Waals surface area (Å²) in [6.07, 6.45) is 4.56. The fourth-order valence-electron chi connectivity index (χ4n) is 1.33. The van der Waals surface area contributed by atoms with Gasteiger partial charge < -0.3 is 9.15 Å². The number of ether oxygens (including phenoxy) is 1. The predicted octanol–water partition coefficient (Wildman–Crippen LogP) is 1.25. The Hall–Kier alpha value is -2.11. The van der Waals surface area contributed by atoms with Gasteiger partial charge in [-0.3, -0.25) is 4.68 Å². The second kappa shape index (κ2) is 4.18. The highest BCUT2D eigenvalue weighted by molar-refractivity contribution is 5.93. The Morgan fingerprint density at radius 2 is 2.44 bits per heavy atom. The summed E-state index contributed by atoms with van der Waals surface area (Å²) in [7, 11) is 1.78. The van der Waals surface area contributed by atoms with Crippen LogP contribution in [0.25, 0.3) is 11.3 Å². The number of aryl methyl sites for hydroxylation is 1. The van der Waals surface area contributed by atoms with Crippen molar-refractivity contribution in [2.75, 3.05) is 6.61 Å². The van der Waals surface area contributed by atoms with E-state index >= 15 is 0 Å². The summed E-state index contributed by atoms with van der Waals surface area (Å²) in [5, 5.41) is 4.00. The van der Waals surface area contributed by atoms with E-state index in [0.29, 0.717) is 17.9 Å². The minimum Gasteiger partial charge on any atom is -0.461 e. The fraction of sp³-hybridized carbons (Fsp3) is 0.300. The van der Waals surface area contributed by atoms with Crippen LogP contribution in [0.3, 0.4) is 0 Å². The highest BCUT2D eigenvalue weighted by Crippen LogP contribution is 2.22. The Balaban J connectivity index is 2.36. The molecule has 0 atom stereocenters. The zero-order chi connectivity index (χ0) is 11.5. The van der Waals surface area contributed by atoms with Gasteiger partial charge >= 0.3 is 5.97 Å². The van der Waals surface area contributed by atoms with Gasteiger partial charge in [0.05, 0.1) is 18.4 Å². The number of rotatable bonds is 3. The van der Waals surface area contributed by atoms with Crippen LogP contribution in [0.2, 0.25) is 0 Å². The molecule has 0 fully saturated rings. The van der Waals surface area contributed by atoms with Gasteiger partial charge in [0.15, 0.2) is 17.8 Å². The van der Waals surface area contributed by atoms with Gasteiger partial charge in [-0.1, -0.05) is 0 Å². The quantitative estimate of drug-likeness (QED) is 0.729. The van der Waals surface area contributed by atoms with Crippen molar-refractivity contribution in [3.63, 3.8) is 0 Å². The van der Waals surface area contributed by atoms with E-state index < -0.39 is 5.97 Å². The molecule has 0 spiro atoms. The van der Waals surface area contributed by atoms with E-state index in [1.165, 1.54) is 6.39 Å². The maximum Gasteiger partial charge on any atom is 0.360 e. The molecule has 0 unspecified atom stereocenters. The first-order valence-corrected chi connectivity index (χ1v) is 4.82. The lowest BCUT2D eigenvalue weighted by Crippen LogP contribution is -2.06. The summed E-state index contributed by atoms with van der Waals surface area (Å²) < 4.78 is 11.7. The van der Waals surface area contributed by atoms with Crippen molar-refractivity contribution in [1.82, 2.24) is 14.8 Å². The molecular formula is C10H11N3O3. The molecule has 2 rings (SSSR count). The Labute approximate surface area is 91.8 Å². The normalized spacial score (nSPS) is 10.4. The predicted molar refractivity (Wildman–Crippen MR) is 54.7 cm³/mol. The first-order valence-electron chi connectivity index (χ1n) is 4.82. The number of esters is 1. The van der Waals surface area contributed by atoms with Gasteiger partial charge in [-0.2, -0.15) is 5.10 Å². The molecule has 0 saturated heterocycles. The molecule has 0 N–H and O–H groups in total. The van der Waals surface area contributed by atoms with Gasteiger partial charge in [0.2, 0.25) is 0 Å². The third-order valence-electron chi connectivity index (χ3n) is 2.00. The molecule has 6 heteroatoms. The molecule has 6 nitrogen and oxygen atoms in total. The summed E-state index contributed by atoms with van der Waals surface area (Å²) >= 11 is 0. The number of oxazole rings is 1. The van der Waals surface area contributed by atoms with Crippen molar-refractivity contribution in [1.29, 1.82) is 0 Å². The van der Waals surface area contributed by atoms with E-state index in [0.717, 1.165) is 0 Å². The van der Waals surface area contributed by atoms with Crippen LogP contribution in [0.4, 0.5) is 0 Å². The van der Waals surface area contributed by atoms with Crippen LogP contribution in [0, 0.1) is 0 Å². The van der Waals surface area contributed by atoms with Gasteiger partial charge in [0.1, 0.15) is 0 Å². The Morgan fingerprint density at radius 3 is 3.06 bits per heavy atom. The van der Waals surface area contributed by atoms with Gasteiger partial charge in [-0.15, -0.1) is 0 Å². The zero-order valence-electron chi connectivity index (χ0n) is 9.01. The Morgan fingerprint density at radius 1 is 1.62 bits per heavy atom. The van der Waals surface area contributed by atoms with E-state index in [9.17, 15) is 4.79 Å². The van der Waals surface area contributed by atoms with Gasteiger partial charge in [-0.25, -0.2) is 9.78 Å². The zero-order valence-corrected chi connectivity index (χ0v) is 9.01. The van der Waals surface area contributed by atoms with Crippen LogP contribution in [-0.2, 0) is 11.8 Å². The number of aromatic nitrogens is 3. The monoisotopic (exact) mass is 221 g/mol. The van der Waals surface area contributed by atoms with Gasteiger partial charge in [0.25, 0.3) is 0 Å². The SMILES string of the molecule is CCOC(=O)c1ncoc1-c1cnn(C)c1. The lowest BCUT2D eigenvalue weighted by Gasteiger charge is -1.98. The molecule has 0 aliphatic carbocycles. The van der Waals surface area contributed by atoms with E-state index in [-0.39, 0.29) is 5.69 Å². The molecule has 0 aromatic carbocycles. The smallest absolute Gasteiger partial charge is 0.360 e. The van der Waals surface area contributed by atoms with Crippen molar-refractivity contribution < 1.29 is 13.9 Å². The molecule has 0 radical (unpaired) electrons. The first-order chi connectivity index (χ1) is 7.72. The van der Waals surface area contributed by atoms with E-state index in [1.54, 1.807) is 31.0 Å². The summed E-state index contributed by atoms with van der Waals surface area (Å²) in [4.78, 5) is 15.4. The fourth-order valence-corrected chi connectivity index (χ4v) is 1.33. The molecular weight excluding hydrogens is 210 g/mol. The summed E-state index contributed by atoms with van der Waals surface area (Å²) in [5.41, 5.74) is 0.873. The molecule has 84 valence electrons. The highest BCUT2D eigenvalue weighted by Gasteiger charge is 2.20. The van der Waals surface area contributed by atoms with Crippen molar-refractivity contribution >= 4 is 5.97 Å². The standard InChI is InChI=1S/C10H11N3O3/c1-3-15-10(14)8-9(16-6-11-8)7-4-12-13(2)5-7/h4-6H,3H2,1-2H3. The molecule has 16 heavy (non-hydrogen) atoms. The third kappa shape index (κ3) is 1.81. The second-order valence-corrected chi connectivity index (χ2v) is 3.15. The van der Waals surface area contributed by atoms with Crippen LogP contribution in [0.1, 0.15) is 17.4 Å². The lowest BCUT2D eigenvalue weighted by molar-refractivity contribution is 0.0520. The van der Waals surface area contributed by atoms with Crippen molar-refractivity contribution in [2.45, 2.75) is 6.92 Å². The summed E-state index contributed by atoms with van der Waals surface area (Å²) in [6, 6.07) is 0. The third-order valence-corrected chi connectivity index (χ3v) is 2.00. The Bertz CT molecular complexity index is 501. The molecule has 2 aromatic heterocycles. The summed E-state index contributed by atoms with van der Waals surface area (Å²) in [5.74, 6) is -0.110. The van der Waals surface area contributed by atoms with Crippen LogP contribution >= 0.6 is 0 Å². The molecule has 2 aromatic rings. The average molecular weight is 221 g/mol. The maximum atomic E-state index is 11.5. The maximum absolute atomic E-state index is 11.5. The van der Waals surface area contributed by atoms with E-state index in [4.69, 9.17) is 9.15 Å². The van der Waals surface area contributed by atoms with Crippen molar-refractivity contribution in [2.24, 2.45) is 7.05 Å². The average Bonchev–Trinajstić information content (AvgIpc) is 2.85. The van der Waals surface area contributed by atoms with Gasteiger partial charge in [-0.05, 0) is 6.92 Å². The summed E-state index contributed by atoms with van der Waals surface area (Å²) in [6.45, 7) is 2.04. The molecule has 0 bridgehead atoms. The van der Waals surface area contributed by atoms with Gasteiger partial charge in [0, 0.05) is 13.2 Å². The van der Waals surface area contributed by atoms with Crippen LogP contribution < -0.4 is 0 Å². The van der Waals surface area contributed by atoms with Crippen LogP contribution in [-0.4, -0.2) is 27.3 Å². The Kier molecular flexibility index (Phi) is 2.72. The number of carbonyl (C=O) groups excluding carboxylic acids is 1. The molecule has 0 saturated carbocycles. The van der Waals surface area contributed by atoms with Crippen molar-refractivity contribution in [3.8, 4) is 11.3 Å². The number of hydrogen-bond acceptors (Lipinski definition) is 5.